The fourth-order valence-corrected chi connectivity index (χ4v) is 7.76. The van der Waals surface area contributed by atoms with Crippen molar-refractivity contribution >= 4 is 11.9 Å². The lowest BCUT2D eigenvalue weighted by molar-refractivity contribution is -0.326. The van der Waals surface area contributed by atoms with Crippen molar-refractivity contribution < 1.29 is 47.5 Å². The van der Waals surface area contributed by atoms with E-state index in [0.29, 0.717) is 76.0 Å². The van der Waals surface area contributed by atoms with Gasteiger partial charge < -0.3 is 37.9 Å². The third-order valence-electron chi connectivity index (χ3n) is 11.8. The average molecular weight is 965 g/mol. The Balaban J connectivity index is 0.889. The van der Waals surface area contributed by atoms with E-state index in [-0.39, 0.29) is 11.9 Å². The molecule has 0 bridgehead atoms. The highest BCUT2D eigenvalue weighted by atomic mass is 16.8. The number of hydrogen-bond donors (Lipinski definition) is 0. The molecule has 0 spiro atoms. The van der Waals surface area contributed by atoms with E-state index >= 15 is 0 Å². The smallest absolute Gasteiger partial charge is 0.330 e. The number of unbranched alkanes of at least 4 members (excludes halogenated alkanes) is 18. The zero-order valence-electron chi connectivity index (χ0n) is 41.3. The Morgan fingerprint density at radius 3 is 1.07 bits per heavy atom. The second-order valence-corrected chi connectivity index (χ2v) is 17.5. The van der Waals surface area contributed by atoms with Gasteiger partial charge in [-0.25, -0.2) is 29.5 Å². The van der Waals surface area contributed by atoms with Gasteiger partial charge in [0.05, 0.1) is 77.6 Å². The van der Waals surface area contributed by atoms with E-state index in [1.54, 1.807) is 24.8 Å². The summed E-state index contributed by atoms with van der Waals surface area (Å²) in [7, 11) is 0. The van der Waals surface area contributed by atoms with Crippen molar-refractivity contribution in [3.63, 3.8) is 0 Å². The van der Waals surface area contributed by atoms with Gasteiger partial charge >= 0.3 is 11.9 Å². The number of nitrogens with zero attached hydrogens (tertiary/aromatic N) is 4. The number of benzene rings is 2. The van der Waals surface area contributed by atoms with E-state index < -0.39 is 12.6 Å². The predicted octanol–water partition coefficient (Wildman–Crippen LogP) is 12.1. The number of ether oxygens (including phenoxy) is 8. The second-order valence-electron chi connectivity index (χ2n) is 17.5. The standard InChI is InChI=1S/C56H76N4O10/c1-3-51(61)65-35-23-19-15-11-7-5-9-13-17-21-33-63-49-39-57-53(58-40-49)47-29-25-45(26-30-47)43-69-55-56(68-38-37-67-55)70-44-46-27-31-48(32-28-46)54-59-41-50(42-60-54)64-34-22-18-14-10-6-8-12-16-20-24-36-66-52(62)4-2/h3-4,25-32,39-42,55-56H,1-2,5-24,33-38,43-44H2/t55-,56-/m0/s1. The van der Waals surface area contributed by atoms with Gasteiger partial charge in [0.25, 0.3) is 0 Å². The molecule has 2 aromatic carbocycles. The molecule has 0 saturated carbocycles. The lowest BCUT2D eigenvalue weighted by Gasteiger charge is -2.31. The molecule has 380 valence electrons. The van der Waals surface area contributed by atoms with Gasteiger partial charge in [0.15, 0.2) is 23.1 Å². The first-order valence-corrected chi connectivity index (χ1v) is 25.6. The number of esters is 2. The molecule has 1 aliphatic heterocycles. The highest BCUT2D eigenvalue weighted by molar-refractivity contribution is 5.81. The predicted molar refractivity (Wildman–Crippen MR) is 270 cm³/mol. The largest absolute Gasteiger partial charge is 0.490 e. The topological polar surface area (TPSA) is 160 Å². The molecular weight excluding hydrogens is 889 g/mol. The van der Waals surface area contributed by atoms with Crippen molar-refractivity contribution in [2.75, 3.05) is 39.6 Å². The van der Waals surface area contributed by atoms with Crippen LogP contribution in [0.3, 0.4) is 0 Å². The molecule has 0 N–H and O–H groups in total. The molecular formula is C56H76N4O10. The molecule has 2 atom stereocenters. The number of carbonyl (C=O) groups is 2. The first kappa shape index (κ1) is 55.4. The maximum atomic E-state index is 11.0. The van der Waals surface area contributed by atoms with Crippen molar-refractivity contribution in [1.29, 1.82) is 0 Å². The van der Waals surface area contributed by atoms with Crippen LogP contribution in [0.25, 0.3) is 22.8 Å². The number of carbonyl (C=O) groups excluding carboxylic acids is 2. The summed E-state index contributed by atoms with van der Waals surface area (Å²) in [6, 6.07) is 15.9. The van der Waals surface area contributed by atoms with Crippen molar-refractivity contribution in [3.8, 4) is 34.3 Å². The summed E-state index contributed by atoms with van der Waals surface area (Å²) in [6.45, 7) is 10.6. The van der Waals surface area contributed by atoms with Gasteiger partial charge in [0.1, 0.15) is 0 Å². The lowest BCUT2D eigenvalue weighted by Crippen LogP contribution is -2.41. The Bertz CT molecular complexity index is 1890. The fraction of sp³-hybridized carbons (Fsp3) is 0.536. The number of aromatic nitrogens is 4. The Kier molecular flexibility index (Phi) is 27.5. The number of hydrogen-bond acceptors (Lipinski definition) is 14. The van der Waals surface area contributed by atoms with E-state index in [9.17, 15) is 9.59 Å². The van der Waals surface area contributed by atoms with Crippen LogP contribution in [-0.2, 0) is 51.2 Å². The summed E-state index contributed by atoms with van der Waals surface area (Å²) < 4.78 is 45.9. The molecule has 3 heterocycles. The highest BCUT2D eigenvalue weighted by Gasteiger charge is 2.29. The van der Waals surface area contributed by atoms with Crippen LogP contribution in [0.1, 0.15) is 140 Å². The molecule has 2 aromatic heterocycles. The molecule has 14 heteroatoms. The molecule has 1 saturated heterocycles. The van der Waals surface area contributed by atoms with Gasteiger partial charge in [-0.1, -0.05) is 164 Å². The highest BCUT2D eigenvalue weighted by Crippen LogP contribution is 2.23. The normalized spacial score (nSPS) is 14.5. The van der Waals surface area contributed by atoms with E-state index in [4.69, 9.17) is 37.9 Å². The lowest BCUT2D eigenvalue weighted by atomic mass is 10.1. The maximum Gasteiger partial charge on any atom is 0.330 e. The molecule has 0 unspecified atom stereocenters. The van der Waals surface area contributed by atoms with Gasteiger partial charge in [-0.15, -0.1) is 0 Å². The summed E-state index contributed by atoms with van der Waals surface area (Å²) >= 11 is 0. The van der Waals surface area contributed by atoms with E-state index in [0.717, 1.165) is 73.6 Å². The van der Waals surface area contributed by atoms with Crippen LogP contribution in [0.15, 0.2) is 98.6 Å². The molecule has 14 nitrogen and oxygen atoms in total. The monoisotopic (exact) mass is 965 g/mol. The fourth-order valence-electron chi connectivity index (χ4n) is 7.76. The SMILES string of the molecule is C=CC(=O)OCCCCCCCCCCCCOc1cnc(-c2ccc(CO[C@@H]3OCCO[C@H]3OCc3ccc(-c4ncc(OCCCCCCCCCCCCOC(=O)C=C)cn4)cc3)cc2)nc1. The van der Waals surface area contributed by atoms with Crippen LogP contribution < -0.4 is 9.47 Å². The summed E-state index contributed by atoms with van der Waals surface area (Å²) in [5, 5.41) is 0. The van der Waals surface area contributed by atoms with Gasteiger partial charge in [0.2, 0.25) is 12.6 Å². The quantitative estimate of drug-likeness (QED) is 0.0237. The van der Waals surface area contributed by atoms with Gasteiger partial charge in [-0.05, 0) is 36.8 Å². The van der Waals surface area contributed by atoms with E-state index in [2.05, 4.69) is 33.1 Å². The molecule has 4 aromatic rings. The molecule has 1 fully saturated rings. The van der Waals surface area contributed by atoms with E-state index in [1.807, 2.05) is 48.5 Å². The summed E-state index contributed by atoms with van der Waals surface area (Å²) in [4.78, 5) is 40.2. The second kappa shape index (κ2) is 34.7. The molecule has 0 aliphatic carbocycles. The molecule has 70 heavy (non-hydrogen) atoms. The zero-order valence-corrected chi connectivity index (χ0v) is 41.3. The first-order valence-electron chi connectivity index (χ1n) is 25.6. The average Bonchev–Trinajstić information content (AvgIpc) is 3.40. The van der Waals surface area contributed by atoms with Crippen LogP contribution in [0.5, 0.6) is 11.5 Å². The Morgan fingerprint density at radius 1 is 0.457 bits per heavy atom. The number of rotatable bonds is 38. The van der Waals surface area contributed by atoms with Crippen LogP contribution in [-0.4, -0.2) is 84.1 Å². The molecule has 0 radical (unpaired) electrons. The van der Waals surface area contributed by atoms with Crippen LogP contribution >= 0.6 is 0 Å². The van der Waals surface area contributed by atoms with Crippen molar-refractivity contribution in [1.82, 2.24) is 19.9 Å². The summed E-state index contributed by atoms with van der Waals surface area (Å²) in [6.07, 6.45) is 31.1. The Labute approximate surface area is 415 Å². The minimum atomic E-state index is -0.672. The van der Waals surface area contributed by atoms with Crippen molar-refractivity contribution in [2.45, 2.75) is 154 Å². The third-order valence-corrected chi connectivity index (χ3v) is 11.8. The third kappa shape index (κ3) is 22.9. The van der Waals surface area contributed by atoms with E-state index in [1.165, 1.54) is 89.2 Å². The maximum absolute atomic E-state index is 11.0. The van der Waals surface area contributed by atoms with Crippen LogP contribution in [0, 0.1) is 0 Å². The molecule has 1 aliphatic rings. The minimum Gasteiger partial charge on any atom is -0.490 e. The molecule has 5 rings (SSSR count). The van der Waals surface area contributed by atoms with Gasteiger partial charge in [-0.2, -0.15) is 0 Å². The Hall–Kier alpha value is -5.54. The van der Waals surface area contributed by atoms with Crippen molar-refractivity contribution in [3.05, 3.63) is 110 Å². The first-order chi connectivity index (χ1) is 34.5. The zero-order chi connectivity index (χ0) is 49.1. The van der Waals surface area contributed by atoms with Crippen LogP contribution in [0.2, 0.25) is 0 Å². The Morgan fingerprint density at radius 2 is 0.757 bits per heavy atom. The summed E-state index contributed by atoms with van der Waals surface area (Å²) in [5.41, 5.74) is 3.75. The molecule has 0 amide bonds. The van der Waals surface area contributed by atoms with Crippen molar-refractivity contribution in [2.24, 2.45) is 0 Å². The minimum absolute atomic E-state index is 0.321. The summed E-state index contributed by atoms with van der Waals surface area (Å²) in [5.74, 6) is 1.92. The van der Waals surface area contributed by atoms with Crippen LogP contribution in [0.4, 0.5) is 0 Å². The van der Waals surface area contributed by atoms with Gasteiger partial charge in [0, 0.05) is 23.3 Å². The van der Waals surface area contributed by atoms with Gasteiger partial charge in [-0.3, -0.25) is 0 Å².